The number of carbonyl (C=O) groups excluding carboxylic acids is 1. The van der Waals surface area contributed by atoms with Crippen LogP contribution in [-0.2, 0) is 19.9 Å². The lowest BCUT2D eigenvalue weighted by Crippen LogP contribution is -2.34. The van der Waals surface area contributed by atoms with Gasteiger partial charge in [-0.25, -0.2) is 4.39 Å². The summed E-state index contributed by atoms with van der Waals surface area (Å²) >= 11 is 0. The van der Waals surface area contributed by atoms with Gasteiger partial charge in [0.05, 0.1) is 11.3 Å². The minimum atomic E-state index is -0.459. The van der Waals surface area contributed by atoms with Gasteiger partial charge < -0.3 is 4.90 Å². The van der Waals surface area contributed by atoms with Crippen LogP contribution >= 0.6 is 0 Å². The molecule has 1 aliphatic heterocycles. The Bertz CT molecular complexity index is 994. The number of benzene rings is 2. The third-order valence-electron chi connectivity index (χ3n) is 5.21. The van der Waals surface area contributed by atoms with Crippen LogP contribution < -0.4 is 0 Å². The zero-order valence-electron chi connectivity index (χ0n) is 15.6. The number of hydrogen-bond donors (Lipinski definition) is 0. The Morgan fingerprint density at radius 3 is 2.59 bits per heavy atom. The molecule has 1 aromatic heterocycles. The lowest BCUT2D eigenvalue weighted by atomic mass is 10.0. The second-order valence-corrected chi connectivity index (χ2v) is 7.04. The van der Waals surface area contributed by atoms with E-state index in [0.717, 1.165) is 22.5 Å². The first-order valence-corrected chi connectivity index (χ1v) is 9.20. The maximum atomic E-state index is 14.2. The number of aromatic nitrogens is 2. The third-order valence-corrected chi connectivity index (χ3v) is 5.21. The molecule has 0 fully saturated rings. The Labute approximate surface area is 158 Å². The molecule has 138 valence electrons. The van der Waals surface area contributed by atoms with E-state index in [4.69, 9.17) is 5.10 Å². The van der Waals surface area contributed by atoms with Crippen LogP contribution in [0, 0.1) is 12.7 Å². The van der Waals surface area contributed by atoms with Crippen molar-refractivity contribution in [2.75, 3.05) is 13.1 Å². The van der Waals surface area contributed by atoms with Gasteiger partial charge in [0, 0.05) is 43.4 Å². The van der Waals surface area contributed by atoms with E-state index in [0.29, 0.717) is 25.9 Å². The molecule has 4 nitrogen and oxygen atoms in total. The standard InChI is InChI=1S/C22H22FN3O/c1-15-8-9-19(23)18(14-15)22(27)26-12-10-17-20(11-13-26)25(2)24-21(17)16-6-4-3-5-7-16/h3-9,14H,10-13H2,1-2H3. The van der Waals surface area contributed by atoms with Crippen LogP contribution in [-0.4, -0.2) is 33.7 Å². The lowest BCUT2D eigenvalue weighted by molar-refractivity contribution is 0.0757. The van der Waals surface area contributed by atoms with Crippen molar-refractivity contribution in [3.8, 4) is 11.3 Å². The van der Waals surface area contributed by atoms with Gasteiger partial charge >= 0.3 is 0 Å². The van der Waals surface area contributed by atoms with Crippen molar-refractivity contribution >= 4 is 5.91 Å². The summed E-state index contributed by atoms with van der Waals surface area (Å²) in [6.07, 6.45) is 1.43. The molecule has 1 amide bonds. The van der Waals surface area contributed by atoms with Crippen molar-refractivity contribution in [2.24, 2.45) is 7.05 Å². The summed E-state index contributed by atoms with van der Waals surface area (Å²) in [5.41, 5.74) is 5.43. The summed E-state index contributed by atoms with van der Waals surface area (Å²) < 4.78 is 16.1. The lowest BCUT2D eigenvalue weighted by Gasteiger charge is -2.21. The highest BCUT2D eigenvalue weighted by atomic mass is 19.1. The fraction of sp³-hybridized carbons (Fsp3) is 0.273. The number of nitrogens with zero attached hydrogens (tertiary/aromatic N) is 3. The Kier molecular flexibility index (Phi) is 4.52. The van der Waals surface area contributed by atoms with E-state index in [1.807, 2.05) is 36.9 Å². The molecule has 1 aliphatic rings. The molecule has 4 rings (SSSR count). The van der Waals surface area contributed by atoms with Gasteiger partial charge in [0.25, 0.3) is 5.91 Å². The van der Waals surface area contributed by atoms with Crippen molar-refractivity contribution in [1.82, 2.24) is 14.7 Å². The molecule has 0 unspecified atom stereocenters. The zero-order valence-corrected chi connectivity index (χ0v) is 15.6. The average Bonchev–Trinajstić information content (AvgIpc) is 2.85. The molecule has 5 heteroatoms. The maximum Gasteiger partial charge on any atom is 0.256 e. The van der Waals surface area contributed by atoms with E-state index in [1.165, 1.54) is 11.6 Å². The van der Waals surface area contributed by atoms with Gasteiger partial charge in [0.2, 0.25) is 0 Å². The third kappa shape index (κ3) is 3.25. The predicted octanol–water partition coefficient (Wildman–Crippen LogP) is 3.78. The molecular weight excluding hydrogens is 341 g/mol. The van der Waals surface area contributed by atoms with Gasteiger partial charge in [-0.15, -0.1) is 0 Å². The smallest absolute Gasteiger partial charge is 0.256 e. The molecule has 0 bridgehead atoms. The van der Waals surface area contributed by atoms with Crippen molar-refractivity contribution in [3.63, 3.8) is 0 Å². The Hall–Kier alpha value is -2.95. The Morgan fingerprint density at radius 2 is 1.81 bits per heavy atom. The van der Waals surface area contributed by atoms with E-state index in [-0.39, 0.29) is 11.5 Å². The summed E-state index contributed by atoms with van der Waals surface area (Å²) in [7, 11) is 1.95. The summed E-state index contributed by atoms with van der Waals surface area (Å²) in [5.74, 6) is -0.697. The number of carbonyl (C=O) groups is 1. The van der Waals surface area contributed by atoms with Crippen molar-refractivity contribution in [3.05, 3.63) is 76.7 Å². The highest BCUT2D eigenvalue weighted by molar-refractivity contribution is 5.94. The summed E-state index contributed by atoms with van der Waals surface area (Å²) in [6.45, 7) is 2.99. The molecule has 0 atom stereocenters. The van der Waals surface area contributed by atoms with Crippen LogP contribution in [0.4, 0.5) is 4.39 Å². The first-order valence-electron chi connectivity index (χ1n) is 9.20. The number of aryl methyl sites for hydroxylation is 2. The van der Waals surface area contributed by atoms with Crippen LogP contribution in [0.1, 0.15) is 27.2 Å². The highest BCUT2D eigenvalue weighted by Gasteiger charge is 2.26. The molecule has 0 saturated heterocycles. The van der Waals surface area contributed by atoms with Gasteiger partial charge in [-0.1, -0.05) is 42.0 Å². The van der Waals surface area contributed by atoms with Crippen LogP contribution in [0.15, 0.2) is 48.5 Å². The SMILES string of the molecule is Cc1ccc(F)c(C(=O)N2CCc3c(-c4ccccc4)nn(C)c3CC2)c1. The van der Waals surface area contributed by atoms with Crippen LogP contribution in [0.3, 0.4) is 0 Å². The minimum Gasteiger partial charge on any atom is -0.338 e. The Morgan fingerprint density at radius 1 is 1.07 bits per heavy atom. The number of fused-ring (bicyclic) bond motifs is 1. The zero-order chi connectivity index (χ0) is 19.0. The molecule has 2 heterocycles. The quantitative estimate of drug-likeness (QED) is 0.695. The van der Waals surface area contributed by atoms with E-state index in [2.05, 4.69) is 12.1 Å². The average molecular weight is 363 g/mol. The second kappa shape index (κ2) is 6.99. The van der Waals surface area contributed by atoms with E-state index in [1.54, 1.807) is 17.0 Å². The van der Waals surface area contributed by atoms with Gasteiger partial charge in [0.15, 0.2) is 0 Å². The molecular formula is C22H22FN3O. The second-order valence-electron chi connectivity index (χ2n) is 7.04. The summed E-state index contributed by atoms with van der Waals surface area (Å²) in [5, 5.41) is 4.71. The predicted molar refractivity (Wildman–Crippen MR) is 103 cm³/mol. The van der Waals surface area contributed by atoms with Crippen LogP contribution in [0.25, 0.3) is 11.3 Å². The fourth-order valence-electron chi connectivity index (χ4n) is 3.78. The minimum absolute atomic E-state index is 0.155. The van der Waals surface area contributed by atoms with Crippen LogP contribution in [0.5, 0.6) is 0 Å². The molecule has 0 aliphatic carbocycles. The number of halogens is 1. The largest absolute Gasteiger partial charge is 0.338 e. The fourth-order valence-corrected chi connectivity index (χ4v) is 3.78. The van der Waals surface area contributed by atoms with Gasteiger partial charge in [-0.05, 0) is 25.5 Å². The first kappa shape index (κ1) is 17.5. The highest BCUT2D eigenvalue weighted by Crippen LogP contribution is 2.28. The van der Waals surface area contributed by atoms with Gasteiger partial charge in [-0.3, -0.25) is 9.48 Å². The first-order chi connectivity index (χ1) is 13.0. The molecule has 0 radical (unpaired) electrons. The summed E-state index contributed by atoms with van der Waals surface area (Å²) in [6, 6.07) is 14.8. The maximum absolute atomic E-state index is 14.2. The topological polar surface area (TPSA) is 38.1 Å². The molecule has 27 heavy (non-hydrogen) atoms. The van der Waals surface area contributed by atoms with Gasteiger partial charge in [-0.2, -0.15) is 5.10 Å². The van der Waals surface area contributed by atoms with E-state index in [9.17, 15) is 9.18 Å². The van der Waals surface area contributed by atoms with Crippen molar-refractivity contribution in [1.29, 1.82) is 0 Å². The molecule has 0 N–H and O–H groups in total. The molecule has 3 aromatic rings. The van der Waals surface area contributed by atoms with Crippen LogP contribution in [0.2, 0.25) is 0 Å². The van der Waals surface area contributed by atoms with E-state index < -0.39 is 5.82 Å². The Balaban J connectivity index is 1.62. The molecule has 0 spiro atoms. The van der Waals surface area contributed by atoms with Gasteiger partial charge in [0.1, 0.15) is 5.82 Å². The monoisotopic (exact) mass is 363 g/mol. The normalized spacial score (nSPS) is 14.0. The summed E-state index contributed by atoms with van der Waals surface area (Å²) in [4.78, 5) is 14.7. The van der Waals surface area contributed by atoms with Crippen molar-refractivity contribution < 1.29 is 9.18 Å². The van der Waals surface area contributed by atoms with E-state index >= 15 is 0 Å². The molecule has 2 aromatic carbocycles. The number of hydrogen-bond acceptors (Lipinski definition) is 2. The number of amides is 1. The molecule has 0 saturated carbocycles. The van der Waals surface area contributed by atoms with Crippen molar-refractivity contribution in [2.45, 2.75) is 19.8 Å². The number of rotatable bonds is 2.